The molecule has 0 spiro atoms. The van der Waals surface area contributed by atoms with Crippen LogP contribution in [0, 0.1) is 0 Å². The van der Waals surface area contributed by atoms with Gasteiger partial charge in [-0.2, -0.15) is 10.0 Å². The Balaban J connectivity index is 0.000000114. The van der Waals surface area contributed by atoms with E-state index in [0.29, 0.717) is 0 Å². The van der Waals surface area contributed by atoms with Crippen molar-refractivity contribution in [1.29, 1.82) is 0 Å². The number of aryl methyl sites for hydroxylation is 1. The van der Waals surface area contributed by atoms with Crippen LogP contribution in [-0.2, 0) is 13.5 Å². The molecule has 44 heavy (non-hydrogen) atoms. The monoisotopic (exact) mass is 591 g/mol. The molecule has 0 amide bonds. The van der Waals surface area contributed by atoms with Crippen molar-refractivity contribution in [1.82, 2.24) is 4.57 Å². The molecule has 9 rings (SSSR count). The molecule has 2 heterocycles. The number of hydrogen-bond donors (Lipinski definition) is 0. The van der Waals surface area contributed by atoms with Crippen LogP contribution in [0.15, 0.2) is 155 Å². The molecule has 0 N–H and O–H groups in total. The Kier molecular flexibility index (Phi) is 8.46. The molecule has 6 aromatic carbocycles. The van der Waals surface area contributed by atoms with Crippen LogP contribution in [0.4, 0.5) is 0 Å². The van der Waals surface area contributed by atoms with Gasteiger partial charge in [-0.1, -0.05) is 135 Å². The van der Waals surface area contributed by atoms with Gasteiger partial charge in [0.2, 0.25) is 0 Å². The van der Waals surface area contributed by atoms with E-state index in [1.54, 1.807) is 0 Å². The summed E-state index contributed by atoms with van der Waals surface area (Å²) in [5.74, 6) is 0. The molecule has 0 unspecified atom stereocenters. The predicted molar refractivity (Wildman–Crippen MR) is 194 cm³/mol. The summed E-state index contributed by atoms with van der Waals surface area (Å²) in [6.45, 7) is 4.00. The van der Waals surface area contributed by atoms with E-state index in [0.717, 1.165) is 6.42 Å². The standard InChI is InChI=1S/C14H14S.C13H11N.C13H10.C2H6/c1-15(2)13-9-5-3-7-11(13)12-8-4-6-10-14(12)15;1-14-12-8-4-2-6-10(12)11-7-3-5-9-13(11)14;1-3-7-12-10(5-1)9-11-6-2-4-8-13(11)12;1-2/h3-10H,1-2H3;2-9H,1H3;1-8H,9H2;1-2H3. The van der Waals surface area contributed by atoms with Crippen LogP contribution in [0.25, 0.3) is 44.1 Å². The Morgan fingerprint density at radius 2 is 0.773 bits per heavy atom. The van der Waals surface area contributed by atoms with Crippen LogP contribution in [0.5, 0.6) is 0 Å². The van der Waals surface area contributed by atoms with Gasteiger partial charge in [-0.15, -0.1) is 0 Å². The van der Waals surface area contributed by atoms with E-state index < -0.39 is 10.0 Å². The number of hydrogen-bond acceptors (Lipinski definition) is 0. The lowest BCUT2D eigenvalue weighted by atomic mass is 10.1. The highest BCUT2D eigenvalue weighted by atomic mass is 32.3. The first kappa shape index (κ1) is 29.5. The van der Waals surface area contributed by atoms with Crippen molar-refractivity contribution >= 4 is 31.8 Å². The highest BCUT2D eigenvalue weighted by Crippen LogP contribution is 2.66. The maximum absolute atomic E-state index is 2.39. The van der Waals surface area contributed by atoms with Crippen molar-refractivity contribution in [3.8, 4) is 22.3 Å². The molecule has 220 valence electrons. The molecule has 0 saturated heterocycles. The summed E-state index contributed by atoms with van der Waals surface area (Å²) >= 11 is 0. The second-order valence-electron chi connectivity index (χ2n) is 11.4. The molecule has 0 fully saturated rings. The Hall–Kier alpha value is -4.53. The summed E-state index contributed by atoms with van der Waals surface area (Å²) < 4.78 is 2.24. The van der Waals surface area contributed by atoms with Crippen molar-refractivity contribution in [2.24, 2.45) is 7.05 Å². The summed E-state index contributed by atoms with van der Waals surface area (Å²) in [7, 11) is 1.35. The molecule has 2 heteroatoms. The highest BCUT2D eigenvalue weighted by Gasteiger charge is 2.30. The first-order chi connectivity index (χ1) is 21.5. The van der Waals surface area contributed by atoms with Gasteiger partial charge >= 0.3 is 0 Å². The van der Waals surface area contributed by atoms with Gasteiger partial charge in [0.1, 0.15) is 0 Å². The number of benzene rings is 6. The Bertz CT molecular complexity index is 1920. The largest absolute Gasteiger partial charge is 0.344 e. The van der Waals surface area contributed by atoms with Crippen LogP contribution < -0.4 is 0 Å². The fraction of sp³-hybridized carbons (Fsp3) is 0.143. The Morgan fingerprint density at radius 1 is 0.432 bits per heavy atom. The third-order valence-electron chi connectivity index (χ3n) is 8.69. The fourth-order valence-electron chi connectivity index (χ4n) is 6.58. The van der Waals surface area contributed by atoms with E-state index in [1.165, 1.54) is 65.0 Å². The van der Waals surface area contributed by atoms with Gasteiger partial charge < -0.3 is 4.57 Å². The molecule has 0 saturated carbocycles. The van der Waals surface area contributed by atoms with Crippen molar-refractivity contribution < 1.29 is 0 Å². The van der Waals surface area contributed by atoms with Crippen LogP contribution in [0.2, 0.25) is 0 Å². The van der Waals surface area contributed by atoms with Crippen LogP contribution >= 0.6 is 10.0 Å². The van der Waals surface area contributed by atoms with Gasteiger partial charge in [-0.05, 0) is 76.6 Å². The SMILES string of the molecule is CC.CS1(C)c2ccccc2-c2ccccc21.Cn1c2ccccc2c2ccccc21.c1ccc2c(c1)Cc1ccccc1-2. The second kappa shape index (κ2) is 12.6. The smallest absolute Gasteiger partial charge is 0.0488 e. The quantitative estimate of drug-likeness (QED) is 0.165. The van der Waals surface area contributed by atoms with Gasteiger partial charge in [0.15, 0.2) is 0 Å². The van der Waals surface area contributed by atoms with Crippen molar-refractivity contribution in [2.45, 2.75) is 30.1 Å². The molecular formula is C42H41NS. The normalized spacial score (nSPS) is 13.5. The molecule has 0 bridgehead atoms. The summed E-state index contributed by atoms with van der Waals surface area (Å²) in [5.41, 5.74) is 11.2. The lowest BCUT2D eigenvalue weighted by molar-refractivity contribution is 1.01. The van der Waals surface area contributed by atoms with Gasteiger partial charge in [-0.3, -0.25) is 0 Å². The third kappa shape index (κ3) is 5.25. The van der Waals surface area contributed by atoms with Crippen LogP contribution in [-0.4, -0.2) is 17.1 Å². The Morgan fingerprint density at radius 3 is 1.23 bits per heavy atom. The predicted octanol–water partition coefficient (Wildman–Crippen LogP) is 11.8. The highest BCUT2D eigenvalue weighted by molar-refractivity contribution is 8.33. The molecule has 0 radical (unpaired) electrons. The lowest BCUT2D eigenvalue weighted by Gasteiger charge is -2.27. The third-order valence-corrected chi connectivity index (χ3v) is 11.6. The summed E-state index contributed by atoms with van der Waals surface area (Å²) in [4.78, 5) is 3.07. The molecule has 7 aromatic rings. The van der Waals surface area contributed by atoms with Gasteiger partial charge in [0, 0.05) is 38.6 Å². The minimum absolute atomic E-state index is 0.765. The number of nitrogens with zero attached hydrogens (tertiary/aromatic N) is 1. The number of fused-ring (bicyclic) bond motifs is 9. The zero-order valence-electron chi connectivity index (χ0n) is 26.4. The Labute approximate surface area is 264 Å². The molecule has 2 aliphatic rings. The second-order valence-corrected chi connectivity index (χ2v) is 14.9. The van der Waals surface area contributed by atoms with E-state index in [1.807, 2.05) is 13.8 Å². The first-order valence-electron chi connectivity index (χ1n) is 15.5. The minimum Gasteiger partial charge on any atom is -0.344 e. The minimum atomic E-state index is -0.765. The van der Waals surface area contributed by atoms with Crippen LogP contribution in [0.1, 0.15) is 25.0 Å². The molecule has 0 atom stereocenters. The molecular weight excluding hydrogens is 551 g/mol. The molecule has 1 aliphatic carbocycles. The van der Waals surface area contributed by atoms with E-state index in [4.69, 9.17) is 0 Å². The van der Waals surface area contributed by atoms with E-state index >= 15 is 0 Å². The summed E-state index contributed by atoms with van der Waals surface area (Å²) in [6.07, 6.45) is 5.88. The zero-order chi connectivity index (χ0) is 30.7. The molecule has 1 nitrogen and oxygen atoms in total. The summed E-state index contributed by atoms with van der Waals surface area (Å²) in [6, 6.07) is 52.0. The van der Waals surface area contributed by atoms with Gasteiger partial charge in [-0.25, -0.2) is 0 Å². The van der Waals surface area contributed by atoms with E-state index in [-0.39, 0.29) is 0 Å². The maximum atomic E-state index is 2.39. The average Bonchev–Trinajstić information content (AvgIpc) is 3.69. The van der Waals surface area contributed by atoms with Gasteiger partial charge in [0.05, 0.1) is 0 Å². The van der Waals surface area contributed by atoms with Crippen molar-refractivity contribution in [3.63, 3.8) is 0 Å². The topological polar surface area (TPSA) is 4.93 Å². The van der Waals surface area contributed by atoms with E-state index in [9.17, 15) is 0 Å². The zero-order valence-corrected chi connectivity index (χ0v) is 27.2. The number of rotatable bonds is 0. The first-order valence-corrected chi connectivity index (χ1v) is 18.0. The van der Waals surface area contributed by atoms with Crippen molar-refractivity contribution in [2.75, 3.05) is 12.5 Å². The average molecular weight is 592 g/mol. The van der Waals surface area contributed by atoms with Crippen LogP contribution in [0.3, 0.4) is 0 Å². The fourth-order valence-corrected chi connectivity index (χ4v) is 9.11. The maximum Gasteiger partial charge on any atom is 0.0488 e. The number of para-hydroxylation sites is 2. The number of aromatic nitrogens is 1. The lowest BCUT2D eigenvalue weighted by Crippen LogP contribution is -1.91. The molecule has 1 aromatic heterocycles. The van der Waals surface area contributed by atoms with E-state index in [2.05, 4.69) is 170 Å². The van der Waals surface area contributed by atoms with Crippen molar-refractivity contribution in [3.05, 3.63) is 157 Å². The summed E-state index contributed by atoms with van der Waals surface area (Å²) in [5, 5.41) is 2.68. The van der Waals surface area contributed by atoms with Gasteiger partial charge in [0.25, 0.3) is 0 Å². The molecule has 1 aliphatic heterocycles.